The van der Waals surface area contributed by atoms with Gasteiger partial charge in [-0.1, -0.05) is 6.42 Å². The molecule has 92 valence electrons. The van der Waals surface area contributed by atoms with Gasteiger partial charge in [0.25, 0.3) is 0 Å². The highest BCUT2D eigenvalue weighted by Gasteiger charge is 2.32. The third-order valence-electron chi connectivity index (χ3n) is 3.14. The van der Waals surface area contributed by atoms with Gasteiger partial charge in [0, 0.05) is 19.5 Å². The summed E-state index contributed by atoms with van der Waals surface area (Å²) in [4.78, 5) is 22.2. The molecule has 0 aromatic rings. The van der Waals surface area contributed by atoms with Crippen molar-refractivity contribution in [2.75, 3.05) is 20.1 Å². The van der Waals surface area contributed by atoms with Crippen LogP contribution in [0.3, 0.4) is 0 Å². The molecule has 5 nitrogen and oxygen atoms in total. The van der Waals surface area contributed by atoms with E-state index in [4.69, 9.17) is 5.11 Å². The van der Waals surface area contributed by atoms with Gasteiger partial charge < -0.3 is 15.7 Å². The Balaban J connectivity index is 2.26. The van der Waals surface area contributed by atoms with Gasteiger partial charge in [-0.05, 0) is 25.8 Å². The van der Waals surface area contributed by atoms with E-state index < -0.39 is 5.97 Å². The van der Waals surface area contributed by atoms with Crippen LogP contribution in [-0.2, 0) is 9.59 Å². The second-order valence-corrected chi connectivity index (χ2v) is 4.29. The zero-order chi connectivity index (χ0) is 12.0. The van der Waals surface area contributed by atoms with Crippen molar-refractivity contribution in [1.29, 1.82) is 0 Å². The minimum atomic E-state index is -0.730. The molecule has 0 heterocycles. The second kappa shape index (κ2) is 6.48. The first-order chi connectivity index (χ1) is 7.65. The van der Waals surface area contributed by atoms with Crippen LogP contribution in [0.2, 0.25) is 0 Å². The van der Waals surface area contributed by atoms with E-state index in [1.165, 1.54) is 0 Å². The highest BCUT2D eigenvalue weighted by Crippen LogP contribution is 2.31. The lowest BCUT2D eigenvalue weighted by atomic mass is 9.96. The fourth-order valence-corrected chi connectivity index (χ4v) is 2.18. The van der Waals surface area contributed by atoms with Crippen molar-refractivity contribution in [2.24, 2.45) is 11.8 Å². The van der Waals surface area contributed by atoms with Crippen LogP contribution in [0.25, 0.3) is 0 Å². The second-order valence-electron chi connectivity index (χ2n) is 4.29. The van der Waals surface area contributed by atoms with E-state index in [0.29, 0.717) is 19.5 Å². The highest BCUT2D eigenvalue weighted by molar-refractivity contribution is 5.76. The van der Waals surface area contributed by atoms with Crippen molar-refractivity contribution in [3.05, 3.63) is 0 Å². The number of carboxylic acid groups (broad SMARTS) is 1. The van der Waals surface area contributed by atoms with E-state index in [1.54, 1.807) is 7.05 Å². The lowest BCUT2D eigenvalue weighted by Gasteiger charge is -2.16. The largest absolute Gasteiger partial charge is 0.481 e. The summed E-state index contributed by atoms with van der Waals surface area (Å²) in [5, 5.41) is 14.7. The maximum absolute atomic E-state index is 11.3. The minimum absolute atomic E-state index is 0.00890. The number of carboxylic acids is 1. The van der Waals surface area contributed by atoms with Gasteiger partial charge in [0.1, 0.15) is 0 Å². The number of hydrogen-bond acceptors (Lipinski definition) is 3. The normalized spacial score (nSPS) is 24.3. The predicted molar refractivity (Wildman–Crippen MR) is 60.0 cm³/mol. The molecule has 1 amide bonds. The Labute approximate surface area is 95.6 Å². The van der Waals surface area contributed by atoms with Crippen LogP contribution in [0.5, 0.6) is 0 Å². The Kier molecular flexibility index (Phi) is 5.25. The summed E-state index contributed by atoms with van der Waals surface area (Å²) in [5.74, 6) is -0.905. The van der Waals surface area contributed by atoms with E-state index in [0.717, 1.165) is 19.3 Å². The number of amides is 1. The van der Waals surface area contributed by atoms with Gasteiger partial charge >= 0.3 is 5.97 Å². The van der Waals surface area contributed by atoms with Crippen molar-refractivity contribution in [3.8, 4) is 0 Å². The van der Waals surface area contributed by atoms with Crippen LogP contribution in [0.15, 0.2) is 0 Å². The first kappa shape index (κ1) is 13.0. The topological polar surface area (TPSA) is 78.4 Å². The first-order valence-corrected chi connectivity index (χ1v) is 5.79. The molecule has 0 saturated heterocycles. The molecule has 1 rings (SSSR count). The summed E-state index contributed by atoms with van der Waals surface area (Å²) in [5.41, 5.74) is 0. The third kappa shape index (κ3) is 3.81. The summed E-state index contributed by atoms with van der Waals surface area (Å²) in [7, 11) is 1.80. The molecule has 0 bridgehead atoms. The summed E-state index contributed by atoms with van der Waals surface area (Å²) in [6.07, 6.45) is 3.05. The molecule has 0 spiro atoms. The molecule has 16 heavy (non-hydrogen) atoms. The zero-order valence-corrected chi connectivity index (χ0v) is 9.66. The lowest BCUT2D eigenvalue weighted by molar-refractivity contribution is -0.143. The van der Waals surface area contributed by atoms with E-state index >= 15 is 0 Å². The van der Waals surface area contributed by atoms with E-state index in [1.807, 2.05) is 0 Å². The summed E-state index contributed by atoms with van der Waals surface area (Å²) >= 11 is 0. The van der Waals surface area contributed by atoms with Gasteiger partial charge in [-0.15, -0.1) is 0 Å². The van der Waals surface area contributed by atoms with Crippen LogP contribution in [-0.4, -0.2) is 37.1 Å². The summed E-state index contributed by atoms with van der Waals surface area (Å²) in [6.45, 7) is 1.15. The van der Waals surface area contributed by atoms with Crippen LogP contribution in [0, 0.1) is 11.8 Å². The molecule has 0 aromatic heterocycles. The Morgan fingerprint density at radius 3 is 2.75 bits per heavy atom. The molecule has 2 atom stereocenters. The molecular weight excluding hydrogens is 208 g/mol. The fourth-order valence-electron chi connectivity index (χ4n) is 2.18. The highest BCUT2D eigenvalue weighted by atomic mass is 16.4. The lowest BCUT2D eigenvalue weighted by Crippen LogP contribution is -2.34. The quantitative estimate of drug-likeness (QED) is 0.607. The summed E-state index contributed by atoms with van der Waals surface area (Å²) in [6, 6.07) is 0. The van der Waals surface area contributed by atoms with E-state index in [2.05, 4.69) is 10.6 Å². The predicted octanol–water partition coefficient (Wildman–Crippen LogP) is 0.213. The number of hydrogen-bond donors (Lipinski definition) is 3. The van der Waals surface area contributed by atoms with Gasteiger partial charge in [0.05, 0.1) is 5.92 Å². The van der Waals surface area contributed by atoms with Crippen LogP contribution >= 0.6 is 0 Å². The van der Waals surface area contributed by atoms with Crippen molar-refractivity contribution >= 4 is 11.9 Å². The van der Waals surface area contributed by atoms with E-state index in [9.17, 15) is 9.59 Å². The molecule has 2 unspecified atom stereocenters. The Bertz CT molecular complexity index is 256. The van der Waals surface area contributed by atoms with Crippen LogP contribution in [0.1, 0.15) is 25.7 Å². The maximum atomic E-state index is 11.3. The molecule has 3 N–H and O–H groups in total. The van der Waals surface area contributed by atoms with Crippen molar-refractivity contribution in [3.63, 3.8) is 0 Å². The van der Waals surface area contributed by atoms with Gasteiger partial charge in [-0.3, -0.25) is 9.59 Å². The minimum Gasteiger partial charge on any atom is -0.481 e. The SMILES string of the molecule is CNCCC(=O)NCC1CCCC1C(=O)O. The molecule has 1 aliphatic carbocycles. The Morgan fingerprint density at radius 1 is 1.38 bits per heavy atom. The number of carbonyl (C=O) groups is 2. The monoisotopic (exact) mass is 228 g/mol. The number of nitrogens with one attached hydrogen (secondary N) is 2. The molecule has 1 aliphatic rings. The van der Waals surface area contributed by atoms with Crippen molar-refractivity contribution in [1.82, 2.24) is 10.6 Å². The van der Waals surface area contributed by atoms with Crippen molar-refractivity contribution < 1.29 is 14.7 Å². The average Bonchev–Trinajstić information content (AvgIpc) is 2.71. The van der Waals surface area contributed by atoms with Crippen molar-refractivity contribution in [2.45, 2.75) is 25.7 Å². The van der Waals surface area contributed by atoms with Gasteiger partial charge in [0.2, 0.25) is 5.91 Å². The molecule has 0 radical (unpaired) electrons. The number of carbonyl (C=O) groups excluding carboxylic acids is 1. The van der Waals surface area contributed by atoms with Crippen LogP contribution < -0.4 is 10.6 Å². The Morgan fingerprint density at radius 2 is 2.12 bits per heavy atom. The van der Waals surface area contributed by atoms with Gasteiger partial charge in [-0.25, -0.2) is 0 Å². The number of rotatable bonds is 6. The van der Waals surface area contributed by atoms with Gasteiger partial charge in [0.15, 0.2) is 0 Å². The molecule has 0 aromatic carbocycles. The molecule has 1 saturated carbocycles. The summed E-state index contributed by atoms with van der Waals surface area (Å²) < 4.78 is 0. The average molecular weight is 228 g/mol. The zero-order valence-electron chi connectivity index (χ0n) is 9.66. The maximum Gasteiger partial charge on any atom is 0.306 e. The molecule has 5 heteroatoms. The Hall–Kier alpha value is -1.10. The van der Waals surface area contributed by atoms with Gasteiger partial charge in [-0.2, -0.15) is 0 Å². The number of aliphatic carboxylic acids is 1. The fraction of sp³-hybridized carbons (Fsp3) is 0.818. The third-order valence-corrected chi connectivity index (χ3v) is 3.14. The molecule has 1 fully saturated rings. The van der Waals surface area contributed by atoms with E-state index in [-0.39, 0.29) is 17.7 Å². The molecule has 0 aliphatic heterocycles. The standard InChI is InChI=1S/C11H20N2O3/c1-12-6-5-10(14)13-7-8-3-2-4-9(8)11(15)16/h8-9,12H,2-7H2,1H3,(H,13,14)(H,15,16). The first-order valence-electron chi connectivity index (χ1n) is 5.79. The van der Waals surface area contributed by atoms with Crippen LogP contribution in [0.4, 0.5) is 0 Å². The smallest absolute Gasteiger partial charge is 0.306 e. The molecular formula is C11H20N2O3.